The average molecular weight is 358 g/mol. The van der Waals surface area contributed by atoms with Crippen LogP contribution >= 0.6 is 0 Å². The molecule has 2 aliphatic rings. The summed E-state index contributed by atoms with van der Waals surface area (Å²) in [5, 5.41) is 8.83. The third-order valence-electron chi connectivity index (χ3n) is 4.62. The number of allylic oxidation sites excluding steroid dienone is 4. The van der Waals surface area contributed by atoms with Crippen molar-refractivity contribution in [2.24, 2.45) is 10.2 Å². The van der Waals surface area contributed by atoms with E-state index in [1.165, 1.54) is 13.8 Å². The molecule has 4 atom stereocenters. The van der Waals surface area contributed by atoms with E-state index in [9.17, 15) is 9.59 Å². The molecule has 0 fully saturated rings. The molecule has 0 saturated heterocycles. The van der Waals surface area contributed by atoms with Crippen molar-refractivity contribution in [2.75, 3.05) is 0 Å². The predicted octanol–water partition coefficient (Wildman–Crippen LogP) is 3.85. The lowest BCUT2D eigenvalue weighted by Gasteiger charge is -2.35. The summed E-state index contributed by atoms with van der Waals surface area (Å²) in [4.78, 5) is 23.1. The Kier molecular flexibility index (Phi) is 6.29. The molecule has 2 rings (SSSR count). The minimum absolute atomic E-state index is 0.364. The van der Waals surface area contributed by atoms with Gasteiger partial charge in [-0.2, -0.15) is 10.2 Å². The first kappa shape index (κ1) is 19.8. The number of carbonyl (C=O) groups is 2. The molecule has 2 aliphatic carbocycles. The molecule has 0 aromatic rings. The normalized spacial score (nSPS) is 29.5. The third kappa shape index (κ3) is 4.56. The SMILES string of the molecule is CC(=O)OC1(C(C)N=NC(C)C2(OC(C)=O)C=CC=CC2)C=CC=CC1. The van der Waals surface area contributed by atoms with Crippen molar-refractivity contribution >= 4 is 11.9 Å². The fourth-order valence-electron chi connectivity index (χ4n) is 3.11. The van der Waals surface area contributed by atoms with Crippen molar-refractivity contribution in [3.63, 3.8) is 0 Å². The van der Waals surface area contributed by atoms with Crippen LogP contribution in [0.5, 0.6) is 0 Å². The van der Waals surface area contributed by atoms with Crippen molar-refractivity contribution in [1.29, 1.82) is 0 Å². The second-order valence-electron chi connectivity index (χ2n) is 6.66. The maximum absolute atomic E-state index is 11.6. The van der Waals surface area contributed by atoms with Gasteiger partial charge < -0.3 is 9.47 Å². The summed E-state index contributed by atoms with van der Waals surface area (Å²) in [6.07, 6.45) is 16.1. The van der Waals surface area contributed by atoms with Crippen LogP contribution in [0.2, 0.25) is 0 Å². The lowest BCUT2D eigenvalue weighted by atomic mass is 9.87. The van der Waals surface area contributed by atoms with E-state index < -0.39 is 11.2 Å². The van der Waals surface area contributed by atoms with Gasteiger partial charge in [-0.3, -0.25) is 9.59 Å². The molecule has 0 radical (unpaired) electrons. The number of carbonyl (C=O) groups excluding carboxylic acids is 2. The molecule has 0 N–H and O–H groups in total. The molecule has 0 amide bonds. The van der Waals surface area contributed by atoms with Gasteiger partial charge in [0.05, 0.1) is 0 Å². The Morgan fingerprint density at radius 1 is 0.808 bits per heavy atom. The molecular weight excluding hydrogens is 332 g/mol. The zero-order chi connectivity index (χ0) is 19.2. The van der Waals surface area contributed by atoms with Gasteiger partial charge in [-0.1, -0.05) is 36.5 Å². The van der Waals surface area contributed by atoms with Crippen LogP contribution in [0.1, 0.15) is 40.5 Å². The molecule has 0 saturated carbocycles. The van der Waals surface area contributed by atoms with Crippen molar-refractivity contribution in [3.05, 3.63) is 48.6 Å². The van der Waals surface area contributed by atoms with E-state index in [0.717, 1.165) is 0 Å². The second-order valence-corrected chi connectivity index (χ2v) is 6.66. The van der Waals surface area contributed by atoms with E-state index in [-0.39, 0.29) is 24.0 Å². The van der Waals surface area contributed by atoms with Crippen molar-refractivity contribution in [2.45, 2.75) is 63.8 Å². The standard InChI is InChI=1S/C20H26N2O4/c1-15(19(25-17(3)23)11-7-5-8-12-19)21-22-16(2)20(26-18(4)24)13-9-6-10-14-20/h5-11,13,15-16H,12,14H2,1-4H3. The highest BCUT2D eigenvalue weighted by atomic mass is 16.6. The maximum atomic E-state index is 11.6. The number of esters is 2. The molecule has 0 spiro atoms. The summed E-state index contributed by atoms with van der Waals surface area (Å²) < 4.78 is 11.1. The van der Waals surface area contributed by atoms with E-state index in [4.69, 9.17) is 9.47 Å². The summed E-state index contributed by atoms with van der Waals surface area (Å²) in [5.41, 5.74) is -1.69. The zero-order valence-corrected chi connectivity index (χ0v) is 15.7. The average Bonchev–Trinajstić information content (AvgIpc) is 2.59. The van der Waals surface area contributed by atoms with Crippen LogP contribution in [0.3, 0.4) is 0 Å². The quantitative estimate of drug-likeness (QED) is 0.534. The molecule has 0 aromatic heterocycles. The minimum atomic E-state index is -0.847. The van der Waals surface area contributed by atoms with E-state index in [0.29, 0.717) is 12.8 Å². The number of hydrogen-bond acceptors (Lipinski definition) is 6. The number of rotatable bonds is 6. The highest BCUT2D eigenvalue weighted by molar-refractivity contribution is 5.67. The van der Waals surface area contributed by atoms with Crippen LogP contribution in [-0.4, -0.2) is 35.2 Å². The van der Waals surface area contributed by atoms with Gasteiger partial charge in [-0.25, -0.2) is 0 Å². The van der Waals surface area contributed by atoms with Gasteiger partial charge in [0.1, 0.15) is 12.1 Å². The van der Waals surface area contributed by atoms with Gasteiger partial charge in [0.15, 0.2) is 11.2 Å². The lowest BCUT2D eigenvalue weighted by molar-refractivity contribution is -0.155. The van der Waals surface area contributed by atoms with E-state index in [1.807, 2.05) is 62.5 Å². The summed E-state index contributed by atoms with van der Waals surface area (Å²) >= 11 is 0. The van der Waals surface area contributed by atoms with E-state index in [1.54, 1.807) is 0 Å². The number of nitrogens with zero attached hydrogens (tertiary/aromatic N) is 2. The molecule has 0 bridgehead atoms. The summed E-state index contributed by atoms with van der Waals surface area (Å²) in [7, 11) is 0. The third-order valence-corrected chi connectivity index (χ3v) is 4.62. The van der Waals surface area contributed by atoms with Gasteiger partial charge in [0.2, 0.25) is 0 Å². The monoisotopic (exact) mass is 358 g/mol. The smallest absolute Gasteiger partial charge is 0.303 e. The minimum Gasteiger partial charge on any atom is -0.452 e. The Morgan fingerprint density at radius 2 is 1.19 bits per heavy atom. The molecule has 6 nitrogen and oxygen atoms in total. The highest BCUT2D eigenvalue weighted by Crippen LogP contribution is 2.32. The Bertz CT molecular complexity index is 634. The van der Waals surface area contributed by atoms with Crippen LogP contribution in [-0.2, 0) is 19.1 Å². The fourth-order valence-corrected chi connectivity index (χ4v) is 3.11. The van der Waals surface area contributed by atoms with Gasteiger partial charge in [-0.05, 0) is 26.0 Å². The van der Waals surface area contributed by atoms with E-state index >= 15 is 0 Å². The maximum Gasteiger partial charge on any atom is 0.303 e. The molecule has 26 heavy (non-hydrogen) atoms. The number of ether oxygens (including phenoxy) is 2. The second kappa shape index (κ2) is 8.25. The highest BCUT2D eigenvalue weighted by Gasteiger charge is 2.40. The van der Waals surface area contributed by atoms with Gasteiger partial charge in [-0.15, -0.1) is 0 Å². The van der Waals surface area contributed by atoms with Gasteiger partial charge in [0, 0.05) is 26.7 Å². The molecule has 0 heterocycles. The van der Waals surface area contributed by atoms with Crippen molar-refractivity contribution < 1.29 is 19.1 Å². The molecule has 0 aromatic carbocycles. The van der Waals surface area contributed by atoms with Crippen LogP contribution in [0.15, 0.2) is 58.8 Å². The van der Waals surface area contributed by atoms with Crippen LogP contribution in [0, 0.1) is 0 Å². The molecular formula is C20H26N2O4. The zero-order valence-electron chi connectivity index (χ0n) is 15.7. The van der Waals surface area contributed by atoms with Crippen molar-refractivity contribution in [1.82, 2.24) is 0 Å². The lowest BCUT2D eigenvalue weighted by Crippen LogP contribution is -2.44. The first-order valence-corrected chi connectivity index (χ1v) is 8.77. The Labute approximate surface area is 154 Å². The number of azo groups is 1. The Hall–Kier alpha value is -2.50. The Balaban J connectivity index is 2.19. The molecule has 0 aliphatic heterocycles. The van der Waals surface area contributed by atoms with Gasteiger partial charge >= 0.3 is 11.9 Å². The fraction of sp³-hybridized carbons (Fsp3) is 0.500. The largest absolute Gasteiger partial charge is 0.452 e. The van der Waals surface area contributed by atoms with Crippen molar-refractivity contribution in [3.8, 4) is 0 Å². The topological polar surface area (TPSA) is 77.3 Å². The summed E-state index contributed by atoms with van der Waals surface area (Å²) in [5.74, 6) is -0.728. The van der Waals surface area contributed by atoms with Crippen LogP contribution in [0.4, 0.5) is 0 Å². The first-order valence-electron chi connectivity index (χ1n) is 8.77. The summed E-state index contributed by atoms with van der Waals surface area (Å²) in [6, 6.07) is -0.764. The summed E-state index contributed by atoms with van der Waals surface area (Å²) in [6.45, 7) is 6.49. The predicted molar refractivity (Wildman–Crippen MR) is 98.6 cm³/mol. The molecule has 140 valence electrons. The Morgan fingerprint density at radius 3 is 1.46 bits per heavy atom. The first-order chi connectivity index (χ1) is 12.3. The van der Waals surface area contributed by atoms with Crippen LogP contribution in [0.25, 0.3) is 0 Å². The van der Waals surface area contributed by atoms with E-state index in [2.05, 4.69) is 10.2 Å². The molecule has 4 unspecified atom stereocenters. The van der Waals surface area contributed by atoms with Gasteiger partial charge in [0.25, 0.3) is 0 Å². The number of hydrogen-bond donors (Lipinski definition) is 0. The molecule has 6 heteroatoms. The van der Waals surface area contributed by atoms with Crippen LogP contribution < -0.4 is 0 Å².